The minimum atomic E-state index is -0.472. The first-order chi connectivity index (χ1) is 11.6. The number of pyridine rings is 1. The number of nitro groups is 1. The molecule has 0 N–H and O–H groups in total. The molecule has 3 aromatic rings. The molecule has 4 rings (SSSR count). The van der Waals surface area contributed by atoms with E-state index in [1.54, 1.807) is 6.07 Å². The molecule has 1 saturated heterocycles. The lowest BCUT2D eigenvalue weighted by Crippen LogP contribution is -2.25. The molecule has 8 nitrogen and oxygen atoms in total. The van der Waals surface area contributed by atoms with Crippen LogP contribution < -0.4 is 4.90 Å². The zero-order valence-electron chi connectivity index (χ0n) is 13.2. The lowest BCUT2D eigenvalue weighted by atomic mass is 10.1. The van der Waals surface area contributed by atoms with Crippen LogP contribution in [0.5, 0.6) is 0 Å². The van der Waals surface area contributed by atoms with Gasteiger partial charge in [-0.25, -0.2) is 4.98 Å². The number of hydrogen-bond acceptors (Lipinski definition) is 6. The van der Waals surface area contributed by atoms with E-state index < -0.39 is 4.92 Å². The Morgan fingerprint density at radius 2 is 2.17 bits per heavy atom. The number of hydrogen-bond donors (Lipinski definition) is 0. The summed E-state index contributed by atoms with van der Waals surface area (Å²) < 4.78 is 1.29. The van der Waals surface area contributed by atoms with Crippen LogP contribution in [0.4, 0.5) is 11.6 Å². The smallest absolute Gasteiger partial charge is 0.358 e. The van der Waals surface area contributed by atoms with Gasteiger partial charge in [-0.1, -0.05) is 15.7 Å². The van der Waals surface area contributed by atoms with E-state index in [1.807, 2.05) is 31.2 Å². The predicted octanol–water partition coefficient (Wildman–Crippen LogP) is 2.68. The third-order valence-electron chi connectivity index (χ3n) is 4.32. The van der Waals surface area contributed by atoms with Crippen molar-refractivity contribution in [3.63, 3.8) is 0 Å². The van der Waals surface area contributed by atoms with E-state index in [2.05, 4.69) is 20.0 Å². The molecule has 1 aliphatic rings. The van der Waals surface area contributed by atoms with Crippen molar-refractivity contribution in [3.05, 3.63) is 58.0 Å². The molecule has 1 unspecified atom stereocenters. The van der Waals surface area contributed by atoms with E-state index in [0.29, 0.717) is 11.5 Å². The van der Waals surface area contributed by atoms with Gasteiger partial charge < -0.3 is 15.0 Å². The summed E-state index contributed by atoms with van der Waals surface area (Å²) in [7, 11) is 0. The maximum atomic E-state index is 11.1. The van der Waals surface area contributed by atoms with Crippen molar-refractivity contribution in [1.29, 1.82) is 0 Å². The van der Waals surface area contributed by atoms with Crippen LogP contribution in [0.15, 0.2) is 36.5 Å². The molecule has 0 aromatic carbocycles. The molecule has 0 radical (unpaired) electrons. The average Bonchev–Trinajstić information content (AvgIpc) is 3.21. The summed E-state index contributed by atoms with van der Waals surface area (Å²) in [6.45, 7) is 2.82. The fourth-order valence-electron chi connectivity index (χ4n) is 3.23. The standard InChI is InChI=1S/C16H16N6O2/c1-11-4-2-5-12(18-11)13-6-3-9-20(13)15-8-7-14-17-10-16(22(23)24)21(14)19-15/h2,4-5,7-8,10,13H,3,6,9H2,1H3. The minimum absolute atomic E-state index is 0.128. The molecule has 0 saturated carbocycles. The maximum Gasteiger partial charge on any atom is 0.368 e. The molecule has 1 fully saturated rings. The van der Waals surface area contributed by atoms with Gasteiger partial charge in [-0.15, -0.1) is 0 Å². The lowest BCUT2D eigenvalue weighted by Gasteiger charge is -2.24. The highest BCUT2D eigenvalue weighted by Crippen LogP contribution is 2.34. The predicted molar refractivity (Wildman–Crippen MR) is 87.9 cm³/mol. The Kier molecular flexibility index (Phi) is 3.37. The van der Waals surface area contributed by atoms with E-state index in [4.69, 9.17) is 0 Å². The van der Waals surface area contributed by atoms with Crippen molar-refractivity contribution in [1.82, 2.24) is 19.6 Å². The van der Waals surface area contributed by atoms with Gasteiger partial charge in [-0.2, -0.15) is 0 Å². The van der Waals surface area contributed by atoms with Gasteiger partial charge in [0.1, 0.15) is 6.20 Å². The zero-order valence-corrected chi connectivity index (χ0v) is 13.2. The van der Waals surface area contributed by atoms with Crippen molar-refractivity contribution < 1.29 is 4.92 Å². The molecule has 0 aliphatic carbocycles. The van der Waals surface area contributed by atoms with Crippen molar-refractivity contribution in [2.45, 2.75) is 25.8 Å². The number of aryl methyl sites for hydroxylation is 1. The first kappa shape index (κ1) is 14.6. The van der Waals surface area contributed by atoms with Crippen LogP contribution in [-0.2, 0) is 0 Å². The van der Waals surface area contributed by atoms with Crippen molar-refractivity contribution >= 4 is 17.3 Å². The molecular formula is C16H16N6O2. The molecule has 0 bridgehead atoms. The van der Waals surface area contributed by atoms with Crippen LogP contribution in [0.3, 0.4) is 0 Å². The summed E-state index contributed by atoms with van der Waals surface area (Å²) in [5, 5.41) is 15.6. The largest absolute Gasteiger partial charge is 0.368 e. The first-order valence-corrected chi connectivity index (χ1v) is 7.83. The highest BCUT2D eigenvalue weighted by Gasteiger charge is 2.29. The number of imidazole rings is 1. The third kappa shape index (κ3) is 2.36. The Labute approximate surface area is 137 Å². The molecular weight excluding hydrogens is 308 g/mol. The number of anilines is 1. The molecule has 0 amide bonds. The average molecular weight is 324 g/mol. The van der Waals surface area contributed by atoms with E-state index in [0.717, 1.165) is 30.8 Å². The Morgan fingerprint density at radius 1 is 1.29 bits per heavy atom. The van der Waals surface area contributed by atoms with Gasteiger partial charge in [0.05, 0.1) is 11.7 Å². The Morgan fingerprint density at radius 3 is 2.96 bits per heavy atom. The van der Waals surface area contributed by atoms with Crippen LogP contribution in [-0.4, -0.2) is 31.1 Å². The van der Waals surface area contributed by atoms with Gasteiger partial charge in [0, 0.05) is 18.3 Å². The van der Waals surface area contributed by atoms with Gasteiger partial charge in [0.2, 0.25) is 5.65 Å². The second-order valence-electron chi connectivity index (χ2n) is 5.89. The quantitative estimate of drug-likeness (QED) is 0.543. The molecule has 24 heavy (non-hydrogen) atoms. The summed E-state index contributed by atoms with van der Waals surface area (Å²) in [6.07, 6.45) is 3.25. The van der Waals surface area contributed by atoms with Gasteiger partial charge in [-0.3, -0.25) is 4.98 Å². The molecule has 0 spiro atoms. The van der Waals surface area contributed by atoms with Gasteiger partial charge in [0.15, 0.2) is 5.82 Å². The number of fused-ring (bicyclic) bond motifs is 1. The molecule has 1 aliphatic heterocycles. The summed E-state index contributed by atoms with van der Waals surface area (Å²) in [5.41, 5.74) is 2.46. The SMILES string of the molecule is Cc1cccc(C2CCCN2c2ccc3ncc([N+](=O)[O-])n3n2)n1. The summed E-state index contributed by atoms with van der Waals surface area (Å²) in [6, 6.07) is 9.76. The lowest BCUT2D eigenvalue weighted by molar-refractivity contribution is -0.391. The first-order valence-electron chi connectivity index (χ1n) is 7.83. The van der Waals surface area contributed by atoms with E-state index in [1.165, 1.54) is 10.7 Å². The van der Waals surface area contributed by atoms with E-state index in [9.17, 15) is 10.1 Å². The van der Waals surface area contributed by atoms with E-state index in [-0.39, 0.29) is 11.9 Å². The fraction of sp³-hybridized carbons (Fsp3) is 0.312. The monoisotopic (exact) mass is 324 g/mol. The number of nitrogens with zero attached hydrogens (tertiary/aromatic N) is 6. The molecule has 4 heterocycles. The van der Waals surface area contributed by atoms with Crippen molar-refractivity contribution in [3.8, 4) is 0 Å². The third-order valence-corrected chi connectivity index (χ3v) is 4.32. The molecule has 122 valence electrons. The Hall–Kier alpha value is -3.03. The van der Waals surface area contributed by atoms with Crippen molar-refractivity contribution in [2.24, 2.45) is 0 Å². The topological polar surface area (TPSA) is 89.5 Å². The normalized spacial score (nSPS) is 17.5. The summed E-state index contributed by atoms with van der Waals surface area (Å²) >= 11 is 0. The van der Waals surface area contributed by atoms with Crippen LogP contribution >= 0.6 is 0 Å². The molecule has 1 atom stereocenters. The van der Waals surface area contributed by atoms with Crippen molar-refractivity contribution in [2.75, 3.05) is 11.4 Å². The van der Waals surface area contributed by atoms with Gasteiger partial charge in [0.25, 0.3) is 0 Å². The molecule has 3 aromatic heterocycles. The van der Waals surface area contributed by atoms with Crippen LogP contribution in [0, 0.1) is 17.0 Å². The fourth-order valence-corrected chi connectivity index (χ4v) is 3.23. The minimum Gasteiger partial charge on any atom is -0.358 e. The van der Waals surface area contributed by atoms with Crippen LogP contribution in [0.25, 0.3) is 5.65 Å². The second-order valence-corrected chi connectivity index (χ2v) is 5.89. The second kappa shape index (κ2) is 5.55. The Balaban J connectivity index is 1.75. The number of aromatic nitrogens is 4. The maximum absolute atomic E-state index is 11.1. The van der Waals surface area contributed by atoms with Crippen LogP contribution in [0.2, 0.25) is 0 Å². The summed E-state index contributed by atoms with van der Waals surface area (Å²) in [5.74, 6) is 0.575. The van der Waals surface area contributed by atoms with E-state index >= 15 is 0 Å². The summed E-state index contributed by atoms with van der Waals surface area (Å²) in [4.78, 5) is 21.5. The number of rotatable bonds is 3. The highest BCUT2D eigenvalue weighted by atomic mass is 16.6. The highest BCUT2D eigenvalue weighted by molar-refractivity contribution is 5.50. The zero-order chi connectivity index (χ0) is 16.7. The molecule has 8 heteroatoms. The van der Waals surface area contributed by atoms with Gasteiger partial charge >= 0.3 is 5.82 Å². The van der Waals surface area contributed by atoms with Gasteiger partial charge in [-0.05, 0) is 42.9 Å². The van der Waals surface area contributed by atoms with Crippen LogP contribution in [0.1, 0.15) is 30.3 Å². The Bertz CT molecular complexity index is 922.